The van der Waals surface area contributed by atoms with Gasteiger partial charge in [0.05, 0.1) is 33.2 Å². The first-order valence-electron chi connectivity index (χ1n) is 8.95. The van der Waals surface area contributed by atoms with Gasteiger partial charge in [0.2, 0.25) is 0 Å². The molecule has 1 saturated heterocycles. The van der Waals surface area contributed by atoms with Gasteiger partial charge in [-0.05, 0) is 30.7 Å². The third kappa shape index (κ3) is 4.28. The summed E-state index contributed by atoms with van der Waals surface area (Å²) in [6, 6.07) is 8.39. The Labute approximate surface area is 163 Å². The minimum Gasteiger partial charge on any atom is -0.334 e. The summed E-state index contributed by atoms with van der Waals surface area (Å²) in [6.07, 6.45) is 1.52. The molecule has 0 aliphatic carbocycles. The van der Waals surface area contributed by atoms with E-state index in [0.29, 0.717) is 23.7 Å². The molecule has 0 unspecified atom stereocenters. The summed E-state index contributed by atoms with van der Waals surface area (Å²) in [6.45, 7) is 4.54. The number of hydrogen-bond acceptors (Lipinski definition) is 3. The van der Waals surface area contributed by atoms with Gasteiger partial charge in [-0.1, -0.05) is 23.7 Å². The number of aromatic nitrogens is 1. The van der Waals surface area contributed by atoms with Gasteiger partial charge in [0.15, 0.2) is 11.8 Å². The molecule has 3 rings (SSSR count). The number of benzene rings is 1. The first-order valence-corrected chi connectivity index (χ1v) is 9.33. The molecule has 1 N–H and O–H groups in total. The van der Waals surface area contributed by atoms with Crippen LogP contribution in [0.2, 0.25) is 5.02 Å². The number of rotatable bonds is 4. The number of Topliss-reactive ketones (excluding diaryl/α,β-unsaturated/α-hetero) is 1. The molecular weight excluding hydrogens is 366 g/mol. The number of hydrogen-bond donors (Lipinski definition) is 1. The van der Waals surface area contributed by atoms with E-state index in [-0.39, 0.29) is 11.5 Å². The quantitative estimate of drug-likeness (QED) is 0.616. The number of piperazine rings is 1. The normalized spacial score (nSPS) is 16.2. The average Bonchev–Trinajstić information content (AvgIpc) is 2.64. The summed E-state index contributed by atoms with van der Waals surface area (Å²) in [5.41, 5.74) is 0.720. The molecule has 6 nitrogen and oxygen atoms in total. The molecule has 0 saturated carbocycles. The Morgan fingerprint density at radius 1 is 1.15 bits per heavy atom. The van der Waals surface area contributed by atoms with E-state index in [4.69, 9.17) is 11.6 Å². The largest absolute Gasteiger partial charge is 0.334 e. The number of nitrogens with one attached hydrogen (secondary N) is 1. The molecule has 7 heteroatoms. The average molecular weight is 389 g/mol. The van der Waals surface area contributed by atoms with Crippen molar-refractivity contribution in [2.24, 2.45) is 0 Å². The van der Waals surface area contributed by atoms with Gasteiger partial charge in [-0.2, -0.15) is 0 Å². The molecule has 1 aromatic heterocycles. The highest BCUT2D eigenvalue weighted by atomic mass is 35.5. The van der Waals surface area contributed by atoms with Crippen LogP contribution in [0.5, 0.6) is 0 Å². The van der Waals surface area contributed by atoms with E-state index in [0.717, 1.165) is 18.7 Å². The molecule has 2 heterocycles. The number of aryl methyl sites for hydroxylation is 1. The Morgan fingerprint density at radius 3 is 2.48 bits per heavy atom. The third-order valence-corrected chi connectivity index (χ3v) is 5.14. The van der Waals surface area contributed by atoms with Crippen molar-refractivity contribution >= 4 is 23.3 Å². The first-order chi connectivity index (χ1) is 12.9. The van der Waals surface area contributed by atoms with Crippen molar-refractivity contribution in [1.29, 1.82) is 0 Å². The van der Waals surface area contributed by atoms with Crippen LogP contribution in [0.4, 0.5) is 0 Å². The van der Waals surface area contributed by atoms with E-state index in [2.05, 4.69) is 7.05 Å². The fourth-order valence-electron chi connectivity index (χ4n) is 3.24. The van der Waals surface area contributed by atoms with Gasteiger partial charge in [0, 0.05) is 22.8 Å². The summed E-state index contributed by atoms with van der Waals surface area (Å²) in [4.78, 5) is 42.0. The lowest BCUT2D eigenvalue weighted by molar-refractivity contribution is -0.883. The molecule has 0 radical (unpaired) electrons. The summed E-state index contributed by atoms with van der Waals surface area (Å²) < 4.78 is 1.23. The second-order valence-corrected chi connectivity index (χ2v) is 7.45. The number of quaternary nitrogens is 1. The molecular formula is C20H23ClN3O3+. The zero-order chi connectivity index (χ0) is 19.6. The molecule has 2 aromatic rings. The molecule has 1 aliphatic rings. The number of carbonyl (C=O) groups is 2. The maximum atomic E-state index is 13.2. The zero-order valence-electron chi connectivity index (χ0n) is 15.4. The van der Waals surface area contributed by atoms with Crippen LogP contribution in [0.15, 0.2) is 47.4 Å². The summed E-state index contributed by atoms with van der Waals surface area (Å²) in [5, 5.41) is 0.409. The van der Waals surface area contributed by atoms with Crippen molar-refractivity contribution in [2.75, 3.05) is 33.2 Å². The Morgan fingerprint density at radius 2 is 1.85 bits per heavy atom. The van der Waals surface area contributed by atoms with Crippen LogP contribution in [0.3, 0.4) is 0 Å². The van der Waals surface area contributed by atoms with Crippen LogP contribution < -0.4 is 10.5 Å². The van der Waals surface area contributed by atoms with Crippen LogP contribution in [-0.4, -0.2) is 54.4 Å². The predicted molar refractivity (Wildman–Crippen MR) is 103 cm³/mol. The molecule has 0 bridgehead atoms. The zero-order valence-corrected chi connectivity index (χ0v) is 16.2. The van der Waals surface area contributed by atoms with Crippen molar-refractivity contribution in [2.45, 2.75) is 13.0 Å². The molecule has 1 aromatic carbocycles. The fourth-order valence-corrected chi connectivity index (χ4v) is 3.43. The Bertz CT molecular complexity index is 917. The number of carbonyl (C=O) groups excluding carboxylic acids is 2. The minimum absolute atomic E-state index is 0.313. The van der Waals surface area contributed by atoms with Crippen LogP contribution in [0.25, 0.3) is 0 Å². The first kappa shape index (κ1) is 19.3. The van der Waals surface area contributed by atoms with Gasteiger partial charge in [0.25, 0.3) is 11.5 Å². The van der Waals surface area contributed by atoms with Crippen LogP contribution in [0.1, 0.15) is 22.0 Å². The minimum atomic E-state index is -1.23. The van der Waals surface area contributed by atoms with E-state index in [9.17, 15) is 14.4 Å². The second kappa shape index (κ2) is 8.06. The maximum Gasteiger partial charge on any atom is 0.254 e. The number of likely N-dealkylation sites (N-methyl/N-ethyl adjacent to an activating group) is 1. The molecule has 142 valence electrons. The lowest BCUT2D eigenvalue weighted by Gasteiger charge is -2.32. The van der Waals surface area contributed by atoms with E-state index in [1.165, 1.54) is 27.8 Å². The number of pyridine rings is 1. The Kier molecular flexibility index (Phi) is 5.77. The fraction of sp³-hybridized carbons (Fsp3) is 0.350. The van der Waals surface area contributed by atoms with Gasteiger partial charge < -0.3 is 9.80 Å². The lowest BCUT2D eigenvalue weighted by Crippen LogP contribution is -3.12. The highest BCUT2D eigenvalue weighted by Gasteiger charge is 2.35. The topological polar surface area (TPSA) is 63.8 Å². The molecule has 1 amide bonds. The van der Waals surface area contributed by atoms with Crippen molar-refractivity contribution in [3.63, 3.8) is 0 Å². The molecule has 27 heavy (non-hydrogen) atoms. The monoisotopic (exact) mass is 388 g/mol. The number of nitrogens with zero attached hydrogens (tertiary/aromatic N) is 2. The van der Waals surface area contributed by atoms with Gasteiger partial charge in [0.1, 0.15) is 0 Å². The van der Waals surface area contributed by atoms with Gasteiger partial charge in [-0.15, -0.1) is 0 Å². The van der Waals surface area contributed by atoms with E-state index < -0.39 is 11.8 Å². The Balaban J connectivity index is 2.02. The van der Waals surface area contributed by atoms with Crippen molar-refractivity contribution in [1.82, 2.24) is 9.47 Å². The summed E-state index contributed by atoms with van der Waals surface area (Å²) >= 11 is 6.02. The van der Waals surface area contributed by atoms with Crippen molar-refractivity contribution in [3.8, 4) is 0 Å². The van der Waals surface area contributed by atoms with Gasteiger partial charge in [-0.3, -0.25) is 19.0 Å². The highest BCUT2D eigenvalue weighted by molar-refractivity contribution is 6.31. The van der Waals surface area contributed by atoms with E-state index >= 15 is 0 Å². The van der Waals surface area contributed by atoms with E-state index in [1.807, 2.05) is 0 Å². The lowest BCUT2D eigenvalue weighted by atomic mass is 10.0. The number of amides is 1. The standard InChI is InChI=1S/C20H22ClN3O3/c1-14-6-7-24(17(25)12-14)18(19(26)15-4-3-5-16(21)13-15)20(27)23-10-8-22(2)9-11-23/h3-7,12-13,18H,8-11H2,1-2H3/p+1/t18-/m0/s1. The molecule has 1 atom stereocenters. The van der Waals surface area contributed by atoms with Crippen molar-refractivity contribution < 1.29 is 14.5 Å². The number of ketones is 1. The van der Waals surface area contributed by atoms with Gasteiger partial charge in [-0.25, -0.2) is 0 Å². The molecule has 1 aliphatic heterocycles. The van der Waals surface area contributed by atoms with Gasteiger partial charge >= 0.3 is 0 Å². The smallest absolute Gasteiger partial charge is 0.254 e. The van der Waals surface area contributed by atoms with Crippen LogP contribution >= 0.6 is 11.6 Å². The number of halogens is 1. The molecule has 1 fully saturated rings. The maximum absolute atomic E-state index is 13.2. The van der Waals surface area contributed by atoms with E-state index in [1.54, 1.807) is 36.1 Å². The second-order valence-electron chi connectivity index (χ2n) is 7.01. The van der Waals surface area contributed by atoms with Crippen LogP contribution in [0, 0.1) is 6.92 Å². The Hall–Kier alpha value is -2.44. The summed E-state index contributed by atoms with van der Waals surface area (Å²) in [7, 11) is 2.07. The van der Waals surface area contributed by atoms with Crippen molar-refractivity contribution in [3.05, 3.63) is 69.1 Å². The molecule has 0 spiro atoms. The summed E-state index contributed by atoms with van der Waals surface area (Å²) in [5.74, 6) is -0.779. The van der Waals surface area contributed by atoms with Crippen LogP contribution in [-0.2, 0) is 4.79 Å². The highest BCUT2D eigenvalue weighted by Crippen LogP contribution is 2.19. The SMILES string of the molecule is Cc1ccn([C@@H](C(=O)c2cccc(Cl)c2)C(=O)N2CC[NH+](C)CC2)c(=O)c1. The predicted octanol–water partition coefficient (Wildman–Crippen LogP) is 0.591. The third-order valence-electron chi connectivity index (χ3n) is 4.90.